The second kappa shape index (κ2) is 9.66. The minimum atomic E-state index is -0.412. The third kappa shape index (κ3) is 4.18. The molecule has 0 radical (unpaired) electrons. The third-order valence-corrected chi connectivity index (χ3v) is 4.51. The fourth-order valence-electron chi connectivity index (χ4n) is 3.20. The normalized spacial score (nSPS) is 12.4. The quantitative estimate of drug-likeness (QED) is 0.516. The molecule has 2 aromatic carbocycles. The van der Waals surface area contributed by atoms with Crippen LogP contribution in [0.4, 0.5) is 0 Å². The van der Waals surface area contributed by atoms with Gasteiger partial charge >= 0.3 is 0 Å². The molecule has 2 aromatic rings. The SMILES string of the molecule is Cl.O=C1c2ccccc2C(=O)c2c(OCCN(CCO)CCO)ccc(O)c21. The van der Waals surface area contributed by atoms with E-state index in [1.807, 2.05) is 4.90 Å². The van der Waals surface area contributed by atoms with E-state index in [1.165, 1.54) is 12.1 Å². The number of phenolic OH excluding ortho intramolecular Hbond substituents is 1. The van der Waals surface area contributed by atoms with E-state index in [0.717, 1.165) is 0 Å². The predicted octanol–water partition coefficient (Wildman–Crippen LogP) is 1.25. The second-order valence-corrected chi connectivity index (χ2v) is 6.17. The van der Waals surface area contributed by atoms with E-state index in [2.05, 4.69) is 0 Å². The van der Waals surface area contributed by atoms with Gasteiger partial charge in [-0.15, -0.1) is 12.4 Å². The Bertz CT molecular complexity index is 864. The first-order valence-electron chi connectivity index (χ1n) is 8.69. The van der Waals surface area contributed by atoms with E-state index in [1.54, 1.807) is 24.3 Å². The van der Waals surface area contributed by atoms with Crippen molar-refractivity contribution in [1.29, 1.82) is 0 Å². The summed E-state index contributed by atoms with van der Waals surface area (Å²) in [6.07, 6.45) is 0. The van der Waals surface area contributed by atoms with Crippen LogP contribution >= 0.6 is 12.4 Å². The first-order valence-corrected chi connectivity index (χ1v) is 8.69. The topological polar surface area (TPSA) is 107 Å². The minimum absolute atomic E-state index is 0. The van der Waals surface area contributed by atoms with Crippen molar-refractivity contribution in [3.8, 4) is 11.5 Å². The number of ketones is 2. The van der Waals surface area contributed by atoms with Crippen LogP contribution in [-0.4, -0.2) is 71.2 Å². The van der Waals surface area contributed by atoms with Gasteiger partial charge in [0.2, 0.25) is 0 Å². The number of halogens is 1. The molecule has 0 fully saturated rings. The second-order valence-electron chi connectivity index (χ2n) is 6.17. The van der Waals surface area contributed by atoms with E-state index in [0.29, 0.717) is 19.6 Å². The number of benzene rings is 2. The molecule has 7 nitrogen and oxygen atoms in total. The van der Waals surface area contributed by atoms with E-state index in [9.17, 15) is 14.7 Å². The van der Waals surface area contributed by atoms with Gasteiger partial charge in [-0.3, -0.25) is 14.5 Å². The lowest BCUT2D eigenvalue weighted by Gasteiger charge is -2.23. The first-order chi connectivity index (χ1) is 13.1. The highest BCUT2D eigenvalue weighted by Gasteiger charge is 2.34. The van der Waals surface area contributed by atoms with Gasteiger partial charge in [-0.05, 0) is 12.1 Å². The maximum atomic E-state index is 12.9. The maximum absolute atomic E-state index is 12.9. The standard InChI is InChI=1S/C20H21NO6.ClH/c22-10-7-21(8-11-23)9-12-27-16-6-5-15(24)17-18(16)20(26)14-4-2-1-3-13(14)19(17)25;/h1-6,22-24H,7-12H2;1H. The van der Waals surface area contributed by atoms with Gasteiger partial charge < -0.3 is 20.1 Å². The van der Waals surface area contributed by atoms with Crippen LogP contribution in [0.5, 0.6) is 11.5 Å². The molecule has 0 unspecified atom stereocenters. The molecule has 150 valence electrons. The number of aromatic hydroxyl groups is 1. The summed E-state index contributed by atoms with van der Waals surface area (Å²) >= 11 is 0. The third-order valence-electron chi connectivity index (χ3n) is 4.51. The van der Waals surface area contributed by atoms with E-state index < -0.39 is 5.78 Å². The Morgan fingerprint density at radius 1 is 0.821 bits per heavy atom. The van der Waals surface area contributed by atoms with Crippen LogP contribution < -0.4 is 4.74 Å². The zero-order chi connectivity index (χ0) is 19.4. The zero-order valence-corrected chi connectivity index (χ0v) is 15.9. The first kappa shape index (κ1) is 21.8. The number of nitrogens with zero attached hydrogens (tertiary/aromatic N) is 1. The molecular weight excluding hydrogens is 386 g/mol. The number of fused-ring (bicyclic) bond motifs is 2. The fraction of sp³-hybridized carbons (Fsp3) is 0.300. The van der Waals surface area contributed by atoms with Crippen LogP contribution in [0.15, 0.2) is 36.4 Å². The molecule has 0 spiro atoms. The van der Waals surface area contributed by atoms with Crippen LogP contribution in [0.25, 0.3) is 0 Å². The summed E-state index contributed by atoms with van der Waals surface area (Å²) in [6.45, 7) is 1.32. The van der Waals surface area contributed by atoms with Crippen molar-refractivity contribution in [2.75, 3.05) is 39.5 Å². The lowest BCUT2D eigenvalue weighted by Crippen LogP contribution is -2.33. The molecule has 1 aliphatic rings. The van der Waals surface area contributed by atoms with Crippen molar-refractivity contribution in [1.82, 2.24) is 4.90 Å². The Morgan fingerprint density at radius 3 is 1.96 bits per heavy atom. The highest BCUT2D eigenvalue weighted by atomic mass is 35.5. The number of hydrogen-bond acceptors (Lipinski definition) is 7. The van der Waals surface area contributed by atoms with Gasteiger partial charge in [0.1, 0.15) is 18.1 Å². The Balaban J connectivity index is 0.00000280. The predicted molar refractivity (Wildman–Crippen MR) is 105 cm³/mol. The van der Waals surface area contributed by atoms with Crippen LogP contribution in [0.1, 0.15) is 31.8 Å². The van der Waals surface area contributed by atoms with Crippen LogP contribution in [-0.2, 0) is 0 Å². The summed E-state index contributed by atoms with van der Waals surface area (Å²) in [6, 6.07) is 9.30. The molecule has 0 saturated carbocycles. The average Bonchev–Trinajstić information content (AvgIpc) is 2.67. The van der Waals surface area contributed by atoms with Gasteiger partial charge in [-0.2, -0.15) is 0 Å². The van der Waals surface area contributed by atoms with Gasteiger partial charge in [0.15, 0.2) is 11.6 Å². The molecule has 1 aliphatic carbocycles. The summed E-state index contributed by atoms with van der Waals surface area (Å²) < 4.78 is 5.73. The van der Waals surface area contributed by atoms with Gasteiger partial charge in [-0.1, -0.05) is 24.3 Å². The Morgan fingerprint density at radius 2 is 1.39 bits per heavy atom. The number of carbonyl (C=O) groups excluding carboxylic acids is 2. The maximum Gasteiger partial charge on any atom is 0.198 e. The van der Waals surface area contributed by atoms with Crippen molar-refractivity contribution in [2.45, 2.75) is 0 Å². The largest absolute Gasteiger partial charge is 0.507 e. The highest BCUT2D eigenvalue weighted by molar-refractivity contribution is 6.30. The van der Waals surface area contributed by atoms with Crippen molar-refractivity contribution in [2.24, 2.45) is 0 Å². The van der Waals surface area contributed by atoms with Crippen molar-refractivity contribution >= 4 is 24.0 Å². The Kier molecular flexibility index (Phi) is 7.53. The molecule has 28 heavy (non-hydrogen) atoms. The summed E-state index contributed by atoms with van der Waals surface area (Å²) in [7, 11) is 0. The molecule has 3 rings (SSSR count). The van der Waals surface area contributed by atoms with Crippen LogP contribution in [0.2, 0.25) is 0 Å². The van der Waals surface area contributed by atoms with Crippen molar-refractivity contribution < 1.29 is 29.6 Å². The van der Waals surface area contributed by atoms with E-state index in [4.69, 9.17) is 14.9 Å². The number of ether oxygens (including phenoxy) is 1. The highest BCUT2D eigenvalue weighted by Crippen LogP contribution is 2.37. The lowest BCUT2D eigenvalue weighted by atomic mass is 9.83. The van der Waals surface area contributed by atoms with E-state index >= 15 is 0 Å². The molecule has 0 saturated heterocycles. The molecular formula is C20H22ClNO6. The summed E-state index contributed by atoms with van der Waals surface area (Å²) in [5.41, 5.74) is 0.570. The molecule has 0 bridgehead atoms. The number of aliphatic hydroxyl groups excluding tert-OH is 2. The molecule has 0 amide bonds. The van der Waals surface area contributed by atoms with Gasteiger partial charge in [0.05, 0.1) is 24.3 Å². The number of aliphatic hydroxyl groups is 2. The number of rotatable bonds is 8. The smallest absolute Gasteiger partial charge is 0.198 e. The van der Waals surface area contributed by atoms with Crippen molar-refractivity contribution in [3.05, 3.63) is 58.7 Å². The Labute approximate surface area is 168 Å². The van der Waals surface area contributed by atoms with E-state index in [-0.39, 0.29) is 71.8 Å². The van der Waals surface area contributed by atoms with Crippen molar-refractivity contribution in [3.63, 3.8) is 0 Å². The summed E-state index contributed by atoms with van der Waals surface area (Å²) in [5, 5.41) is 28.3. The molecule has 0 heterocycles. The fourth-order valence-corrected chi connectivity index (χ4v) is 3.20. The number of phenols is 1. The molecule has 0 aliphatic heterocycles. The molecule has 0 aromatic heterocycles. The molecule has 3 N–H and O–H groups in total. The van der Waals surface area contributed by atoms with Gasteiger partial charge in [0, 0.05) is 30.8 Å². The average molecular weight is 408 g/mol. The van der Waals surface area contributed by atoms with Crippen LogP contribution in [0.3, 0.4) is 0 Å². The number of hydrogen-bond donors (Lipinski definition) is 3. The molecule has 0 atom stereocenters. The summed E-state index contributed by atoms with van der Waals surface area (Å²) in [5.74, 6) is -0.810. The molecule has 8 heteroatoms. The number of carbonyl (C=O) groups is 2. The minimum Gasteiger partial charge on any atom is -0.507 e. The van der Waals surface area contributed by atoms with Gasteiger partial charge in [0.25, 0.3) is 0 Å². The lowest BCUT2D eigenvalue weighted by molar-refractivity contribution is 0.0971. The van der Waals surface area contributed by atoms with Crippen LogP contribution in [0, 0.1) is 0 Å². The zero-order valence-electron chi connectivity index (χ0n) is 15.1. The summed E-state index contributed by atoms with van der Waals surface area (Å²) in [4.78, 5) is 27.5. The monoisotopic (exact) mass is 407 g/mol. The van der Waals surface area contributed by atoms with Gasteiger partial charge in [-0.25, -0.2) is 0 Å². The Hall–Kier alpha value is -2.45.